The van der Waals surface area contributed by atoms with E-state index >= 15 is 0 Å². The van der Waals surface area contributed by atoms with Crippen LogP contribution >= 0.6 is 0 Å². The molecule has 0 radical (unpaired) electrons. The summed E-state index contributed by atoms with van der Waals surface area (Å²) in [7, 11) is 0. The Labute approximate surface area is 119 Å². The maximum Gasteiger partial charge on any atom is 0.249 e. The maximum absolute atomic E-state index is 11.9. The number of amides is 1. The molecule has 0 bridgehead atoms. The normalized spacial score (nSPS) is 19.5. The molecule has 0 saturated heterocycles. The van der Waals surface area contributed by atoms with E-state index in [2.05, 4.69) is 5.32 Å². The van der Waals surface area contributed by atoms with Crippen LogP contribution in [0, 0.1) is 0 Å². The Morgan fingerprint density at radius 3 is 2.90 bits per heavy atom. The van der Waals surface area contributed by atoms with E-state index in [-0.39, 0.29) is 11.4 Å². The lowest BCUT2D eigenvalue weighted by molar-refractivity contribution is -0.133. The molecule has 1 heterocycles. The van der Waals surface area contributed by atoms with E-state index in [0.717, 1.165) is 31.4 Å². The van der Waals surface area contributed by atoms with Gasteiger partial charge in [0.25, 0.3) is 0 Å². The van der Waals surface area contributed by atoms with Crippen LogP contribution in [-0.2, 0) is 16.1 Å². The second-order valence-corrected chi connectivity index (χ2v) is 5.67. The Hall–Kier alpha value is -1.33. The number of rotatable bonds is 6. The minimum atomic E-state index is -0.493. The van der Waals surface area contributed by atoms with Crippen LogP contribution in [-0.4, -0.2) is 24.2 Å². The molecule has 1 amide bonds. The molecule has 1 unspecified atom stereocenters. The fraction of sp³-hybridized carbons (Fsp3) is 0.667. The highest BCUT2D eigenvalue weighted by molar-refractivity contribution is 5.80. The van der Waals surface area contributed by atoms with Crippen LogP contribution in [0.4, 0.5) is 0 Å². The summed E-state index contributed by atoms with van der Waals surface area (Å²) in [6.07, 6.45) is 6.60. The molecular weight excluding hydrogens is 256 g/mol. The first-order valence-corrected chi connectivity index (χ1v) is 7.30. The van der Waals surface area contributed by atoms with Crippen molar-refractivity contribution in [2.45, 2.75) is 57.2 Å². The molecule has 0 aromatic carbocycles. The van der Waals surface area contributed by atoms with Crippen molar-refractivity contribution in [1.29, 1.82) is 0 Å². The Morgan fingerprint density at radius 1 is 1.50 bits per heavy atom. The summed E-state index contributed by atoms with van der Waals surface area (Å²) in [5, 5.41) is 2.79. The van der Waals surface area contributed by atoms with E-state index in [9.17, 15) is 4.79 Å². The average Bonchev–Trinajstić information content (AvgIpc) is 2.96. The van der Waals surface area contributed by atoms with Gasteiger partial charge in [0.05, 0.1) is 19.4 Å². The highest BCUT2D eigenvalue weighted by Gasteiger charge is 2.29. The van der Waals surface area contributed by atoms with Gasteiger partial charge in [-0.25, -0.2) is 0 Å². The lowest BCUT2D eigenvalue weighted by atomic mass is 9.83. The predicted octanol–water partition coefficient (Wildman–Crippen LogP) is 1.96. The fourth-order valence-corrected chi connectivity index (χ4v) is 2.50. The number of hydrogen-bond acceptors (Lipinski definition) is 4. The third-order valence-corrected chi connectivity index (χ3v) is 3.86. The molecular formula is C15H24N2O3. The third kappa shape index (κ3) is 4.35. The molecule has 20 heavy (non-hydrogen) atoms. The molecule has 1 aromatic rings. The summed E-state index contributed by atoms with van der Waals surface area (Å²) in [4.78, 5) is 11.9. The molecule has 1 atom stereocenters. The van der Waals surface area contributed by atoms with Gasteiger partial charge in [-0.3, -0.25) is 4.79 Å². The Bertz CT molecular complexity index is 411. The second kappa shape index (κ2) is 6.90. The van der Waals surface area contributed by atoms with Gasteiger partial charge in [-0.1, -0.05) is 19.3 Å². The van der Waals surface area contributed by atoms with Crippen molar-refractivity contribution < 1.29 is 13.9 Å². The van der Waals surface area contributed by atoms with E-state index in [1.165, 1.54) is 6.42 Å². The van der Waals surface area contributed by atoms with Gasteiger partial charge in [0.2, 0.25) is 5.91 Å². The molecule has 0 spiro atoms. The maximum atomic E-state index is 11.9. The molecule has 0 aliphatic heterocycles. The molecule has 2 rings (SSSR count). The van der Waals surface area contributed by atoms with Crippen molar-refractivity contribution in [3.63, 3.8) is 0 Å². The zero-order valence-corrected chi connectivity index (χ0v) is 12.1. The van der Waals surface area contributed by atoms with Gasteiger partial charge in [-0.05, 0) is 31.9 Å². The number of nitrogens with two attached hydrogens (primary N) is 1. The lowest BCUT2D eigenvalue weighted by Crippen LogP contribution is -2.48. The molecule has 5 heteroatoms. The van der Waals surface area contributed by atoms with E-state index in [1.54, 1.807) is 19.3 Å². The molecule has 1 fully saturated rings. The topological polar surface area (TPSA) is 77.5 Å². The van der Waals surface area contributed by atoms with E-state index < -0.39 is 6.10 Å². The predicted molar refractivity (Wildman–Crippen MR) is 76.0 cm³/mol. The molecule has 112 valence electrons. The molecule has 1 aliphatic carbocycles. The van der Waals surface area contributed by atoms with Crippen LogP contribution < -0.4 is 11.1 Å². The Morgan fingerprint density at radius 2 is 2.25 bits per heavy atom. The first-order valence-electron chi connectivity index (χ1n) is 7.30. The van der Waals surface area contributed by atoms with Crippen molar-refractivity contribution in [2.75, 3.05) is 6.61 Å². The number of carbonyl (C=O) groups is 1. The van der Waals surface area contributed by atoms with Gasteiger partial charge in [0, 0.05) is 5.54 Å². The van der Waals surface area contributed by atoms with Crippen LogP contribution in [0.3, 0.4) is 0 Å². The number of hydrogen-bond donors (Lipinski definition) is 2. The molecule has 1 aliphatic rings. The highest BCUT2D eigenvalue weighted by atomic mass is 16.5. The summed E-state index contributed by atoms with van der Waals surface area (Å²) in [6.45, 7) is 2.58. The Kier molecular flexibility index (Phi) is 5.20. The van der Waals surface area contributed by atoms with Crippen LogP contribution in [0.1, 0.15) is 44.8 Å². The van der Waals surface area contributed by atoms with Crippen molar-refractivity contribution in [1.82, 2.24) is 5.32 Å². The second-order valence-electron chi connectivity index (χ2n) is 5.67. The first kappa shape index (κ1) is 15.1. The quantitative estimate of drug-likeness (QED) is 0.835. The minimum absolute atomic E-state index is 0.138. The van der Waals surface area contributed by atoms with Crippen LogP contribution in [0.15, 0.2) is 22.8 Å². The van der Waals surface area contributed by atoms with Crippen LogP contribution in [0.25, 0.3) is 0 Å². The number of ether oxygens (including phenoxy) is 1. The largest absolute Gasteiger partial charge is 0.467 e. The minimum Gasteiger partial charge on any atom is -0.467 e. The van der Waals surface area contributed by atoms with Crippen LogP contribution in [0.2, 0.25) is 0 Å². The van der Waals surface area contributed by atoms with Crippen molar-refractivity contribution >= 4 is 5.91 Å². The first-order chi connectivity index (χ1) is 9.59. The van der Waals surface area contributed by atoms with Gasteiger partial charge in [0.1, 0.15) is 11.9 Å². The molecule has 5 nitrogen and oxygen atoms in total. The summed E-state index contributed by atoms with van der Waals surface area (Å²) in [5.41, 5.74) is 6.03. The number of furan rings is 1. The summed E-state index contributed by atoms with van der Waals surface area (Å²) in [5.74, 6) is 0.592. The zero-order valence-electron chi connectivity index (χ0n) is 12.1. The standard InChI is InChI=1S/C15H24N2O3/c1-12(14(18)17-10-13-6-5-9-19-13)20-11-15(16)7-3-2-4-8-15/h5-6,9,12H,2-4,7-8,10-11,16H2,1H3,(H,17,18). The zero-order chi connectivity index (χ0) is 14.4. The molecule has 1 saturated carbocycles. The molecule has 1 aromatic heterocycles. The SMILES string of the molecule is CC(OCC1(N)CCCCC1)C(=O)NCc1ccco1. The van der Waals surface area contributed by atoms with Crippen molar-refractivity contribution in [2.24, 2.45) is 5.73 Å². The van der Waals surface area contributed by atoms with E-state index in [1.807, 2.05) is 6.07 Å². The average molecular weight is 280 g/mol. The Balaban J connectivity index is 1.70. The highest BCUT2D eigenvalue weighted by Crippen LogP contribution is 2.26. The van der Waals surface area contributed by atoms with E-state index in [0.29, 0.717) is 13.2 Å². The van der Waals surface area contributed by atoms with Gasteiger partial charge in [0.15, 0.2) is 0 Å². The van der Waals surface area contributed by atoms with Crippen molar-refractivity contribution in [3.8, 4) is 0 Å². The lowest BCUT2D eigenvalue weighted by Gasteiger charge is -2.33. The number of carbonyl (C=O) groups excluding carboxylic acids is 1. The fourth-order valence-electron chi connectivity index (χ4n) is 2.50. The molecule has 3 N–H and O–H groups in total. The smallest absolute Gasteiger partial charge is 0.249 e. The van der Waals surface area contributed by atoms with Gasteiger partial charge < -0.3 is 20.2 Å². The monoisotopic (exact) mass is 280 g/mol. The van der Waals surface area contributed by atoms with Gasteiger partial charge >= 0.3 is 0 Å². The van der Waals surface area contributed by atoms with Crippen molar-refractivity contribution in [3.05, 3.63) is 24.2 Å². The summed E-state index contributed by atoms with van der Waals surface area (Å²) >= 11 is 0. The summed E-state index contributed by atoms with van der Waals surface area (Å²) < 4.78 is 10.8. The van der Waals surface area contributed by atoms with Gasteiger partial charge in [-0.2, -0.15) is 0 Å². The van der Waals surface area contributed by atoms with Crippen LogP contribution in [0.5, 0.6) is 0 Å². The summed E-state index contributed by atoms with van der Waals surface area (Å²) in [6, 6.07) is 3.62. The number of nitrogens with one attached hydrogen (secondary N) is 1. The van der Waals surface area contributed by atoms with Gasteiger partial charge in [-0.15, -0.1) is 0 Å². The van der Waals surface area contributed by atoms with E-state index in [4.69, 9.17) is 14.9 Å². The third-order valence-electron chi connectivity index (χ3n) is 3.86.